The van der Waals surface area contributed by atoms with Gasteiger partial charge in [-0.15, -0.1) is 0 Å². The van der Waals surface area contributed by atoms with E-state index in [0.29, 0.717) is 34.8 Å². The minimum atomic E-state index is -3.83. The number of rotatable bonds is 4. The number of fused-ring (bicyclic) bond motifs is 1. The first kappa shape index (κ1) is 19.9. The standard InChI is InChI=1S/C23H21ClO4S/c1-23(2)13-19(25)18-12-20(28-21(18)14-23)22(15-6-4-3-5-7-15)29(26,27)17-10-8-16(24)9-11-17/h3-12,22H,13-14H2,1-2H3. The quantitative estimate of drug-likeness (QED) is 0.538. The summed E-state index contributed by atoms with van der Waals surface area (Å²) in [6.45, 7) is 4.02. The van der Waals surface area contributed by atoms with Crippen LogP contribution < -0.4 is 0 Å². The Bertz CT molecular complexity index is 1160. The maximum Gasteiger partial charge on any atom is 0.192 e. The van der Waals surface area contributed by atoms with Crippen LogP contribution in [0.25, 0.3) is 0 Å². The van der Waals surface area contributed by atoms with Gasteiger partial charge in [0.15, 0.2) is 15.6 Å². The minimum Gasteiger partial charge on any atom is -0.464 e. The molecule has 1 atom stereocenters. The first-order valence-electron chi connectivity index (χ1n) is 9.38. The molecule has 0 aliphatic heterocycles. The predicted molar refractivity (Wildman–Crippen MR) is 112 cm³/mol. The fourth-order valence-electron chi connectivity index (χ4n) is 3.86. The summed E-state index contributed by atoms with van der Waals surface area (Å²) < 4.78 is 33.2. The average Bonchev–Trinajstić information content (AvgIpc) is 3.05. The summed E-state index contributed by atoms with van der Waals surface area (Å²) in [5.41, 5.74) is 0.864. The maximum atomic E-state index is 13.6. The molecule has 0 bridgehead atoms. The Kier molecular flexibility index (Phi) is 4.91. The van der Waals surface area contributed by atoms with E-state index < -0.39 is 15.1 Å². The van der Waals surface area contributed by atoms with Crippen molar-refractivity contribution in [3.8, 4) is 0 Å². The summed E-state index contributed by atoms with van der Waals surface area (Å²) >= 11 is 5.94. The lowest BCUT2D eigenvalue weighted by atomic mass is 9.77. The van der Waals surface area contributed by atoms with Gasteiger partial charge in [0.2, 0.25) is 0 Å². The van der Waals surface area contributed by atoms with E-state index in [1.165, 1.54) is 12.1 Å². The zero-order chi connectivity index (χ0) is 20.8. The Morgan fingerprint density at radius 1 is 1.00 bits per heavy atom. The number of furan rings is 1. The molecule has 0 N–H and O–H groups in total. The van der Waals surface area contributed by atoms with Gasteiger partial charge in [0.25, 0.3) is 0 Å². The Balaban J connectivity index is 1.88. The van der Waals surface area contributed by atoms with E-state index in [0.717, 1.165) is 0 Å². The molecule has 0 fully saturated rings. The second kappa shape index (κ2) is 7.15. The number of Topliss-reactive ketones (excluding diaryl/α,β-unsaturated/α-hetero) is 1. The molecule has 0 spiro atoms. The van der Waals surface area contributed by atoms with Crippen LogP contribution in [0.3, 0.4) is 0 Å². The van der Waals surface area contributed by atoms with E-state index in [-0.39, 0.29) is 21.9 Å². The monoisotopic (exact) mass is 428 g/mol. The summed E-state index contributed by atoms with van der Waals surface area (Å²) in [7, 11) is -3.83. The van der Waals surface area contributed by atoms with Gasteiger partial charge in [0.1, 0.15) is 16.8 Å². The van der Waals surface area contributed by atoms with Gasteiger partial charge in [-0.2, -0.15) is 0 Å². The molecule has 6 heteroatoms. The molecule has 1 aromatic heterocycles. The summed E-state index contributed by atoms with van der Waals surface area (Å²) in [5.74, 6) is 0.817. The third-order valence-electron chi connectivity index (χ3n) is 5.22. The molecule has 4 nitrogen and oxygen atoms in total. The Labute approximate surface area is 175 Å². The molecular weight excluding hydrogens is 408 g/mol. The van der Waals surface area contributed by atoms with Crippen LogP contribution in [-0.2, 0) is 16.3 Å². The summed E-state index contributed by atoms with van der Waals surface area (Å²) in [6.07, 6.45) is 1.01. The number of benzene rings is 2. The first-order chi connectivity index (χ1) is 13.7. The van der Waals surface area contributed by atoms with Crippen molar-refractivity contribution in [1.82, 2.24) is 0 Å². The highest BCUT2D eigenvalue weighted by Crippen LogP contribution is 2.41. The number of ketones is 1. The van der Waals surface area contributed by atoms with Crippen molar-refractivity contribution in [3.63, 3.8) is 0 Å². The van der Waals surface area contributed by atoms with Crippen molar-refractivity contribution in [2.75, 3.05) is 0 Å². The van der Waals surface area contributed by atoms with Gasteiger partial charge in [-0.25, -0.2) is 8.42 Å². The van der Waals surface area contributed by atoms with Crippen LogP contribution >= 0.6 is 11.6 Å². The summed E-state index contributed by atoms with van der Waals surface area (Å²) in [6, 6.07) is 16.6. The van der Waals surface area contributed by atoms with Crippen molar-refractivity contribution in [3.05, 3.63) is 88.3 Å². The van der Waals surface area contributed by atoms with Gasteiger partial charge in [0.05, 0.1) is 10.5 Å². The molecule has 1 heterocycles. The molecule has 150 valence electrons. The molecule has 0 radical (unpaired) electrons. The van der Waals surface area contributed by atoms with Crippen LogP contribution in [0, 0.1) is 5.41 Å². The summed E-state index contributed by atoms with van der Waals surface area (Å²) in [5, 5.41) is -0.590. The van der Waals surface area contributed by atoms with Gasteiger partial charge in [0, 0.05) is 17.9 Å². The van der Waals surface area contributed by atoms with Crippen LogP contribution in [0.5, 0.6) is 0 Å². The Hall–Kier alpha value is -2.37. The van der Waals surface area contributed by atoms with E-state index >= 15 is 0 Å². The number of hydrogen-bond donors (Lipinski definition) is 0. The van der Waals surface area contributed by atoms with E-state index in [1.807, 2.05) is 19.9 Å². The maximum absolute atomic E-state index is 13.6. The van der Waals surface area contributed by atoms with E-state index in [1.54, 1.807) is 42.5 Å². The van der Waals surface area contributed by atoms with Gasteiger partial charge in [-0.05, 0) is 41.3 Å². The smallest absolute Gasteiger partial charge is 0.192 e. The lowest BCUT2D eigenvalue weighted by molar-refractivity contribution is 0.0903. The van der Waals surface area contributed by atoms with Crippen LogP contribution in [0.4, 0.5) is 0 Å². The largest absolute Gasteiger partial charge is 0.464 e. The van der Waals surface area contributed by atoms with E-state index in [4.69, 9.17) is 16.0 Å². The number of halogens is 1. The third-order valence-corrected chi connectivity index (χ3v) is 7.53. The van der Waals surface area contributed by atoms with Gasteiger partial charge >= 0.3 is 0 Å². The molecular formula is C23H21ClO4S. The molecule has 3 aromatic rings. The minimum absolute atomic E-state index is 0.0121. The molecule has 1 unspecified atom stereocenters. The predicted octanol–water partition coefficient (Wildman–Crippen LogP) is 5.65. The van der Waals surface area contributed by atoms with Crippen LogP contribution in [-0.4, -0.2) is 14.2 Å². The topological polar surface area (TPSA) is 64.3 Å². The lowest BCUT2D eigenvalue weighted by Gasteiger charge is -2.26. The highest BCUT2D eigenvalue weighted by Gasteiger charge is 2.38. The number of carbonyl (C=O) groups is 1. The van der Waals surface area contributed by atoms with Gasteiger partial charge in [-0.1, -0.05) is 55.8 Å². The molecule has 1 aliphatic carbocycles. The molecule has 0 saturated heterocycles. The second-order valence-electron chi connectivity index (χ2n) is 8.22. The van der Waals surface area contributed by atoms with Crippen LogP contribution in [0.1, 0.15) is 53.0 Å². The molecule has 0 amide bonds. The van der Waals surface area contributed by atoms with E-state index in [2.05, 4.69) is 0 Å². The van der Waals surface area contributed by atoms with Crippen molar-refractivity contribution in [2.45, 2.75) is 36.8 Å². The fourth-order valence-corrected chi connectivity index (χ4v) is 5.71. The normalized spacial score (nSPS) is 17.0. The fraction of sp³-hybridized carbons (Fsp3) is 0.261. The van der Waals surface area contributed by atoms with Crippen molar-refractivity contribution >= 4 is 27.2 Å². The SMILES string of the molecule is CC1(C)CC(=O)c2cc(C(c3ccccc3)S(=O)(=O)c3ccc(Cl)cc3)oc2C1. The Morgan fingerprint density at radius 3 is 2.31 bits per heavy atom. The van der Waals surface area contributed by atoms with Crippen molar-refractivity contribution in [2.24, 2.45) is 5.41 Å². The number of sulfone groups is 1. The van der Waals surface area contributed by atoms with E-state index in [9.17, 15) is 13.2 Å². The van der Waals surface area contributed by atoms with Crippen molar-refractivity contribution < 1.29 is 17.6 Å². The second-order valence-corrected chi connectivity index (χ2v) is 10.7. The highest BCUT2D eigenvalue weighted by atomic mass is 35.5. The molecule has 4 rings (SSSR count). The lowest BCUT2D eigenvalue weighted by Crippen LogP contribution is -2.25. The first-order valence-corrected chi connectivity index (χ1v) is 11.3. The zero-order valence-corrected chi connectivity index (χ0v) is 17.8. The molecule has 2 aromatic carbocycles. The van der Waals surface area contributed by atoms with Gasteiger partial charge < -0.3 is 4.42 Å². The number of hydrogen-bond acceptors (Lipinski definition) is 4. The highest BCUT2D eigenvalue weighted by molar-refractivity contribution is 7.91. The number of carbonyl (C=O) groups excluding carboxylic acids is 1. The van der Waals surface area contributed by atoms with Crippen LogP contribution in [0.15, 0.2) is 70.0 Å². The molecule has 29 heavy (non-hydrogen) atoms. The molecule has 1 aliphatic rings. The zero-order valence-electron chi connectivity index (χ0n) is 16.2. The average molecular weight is 429 g/mol. The Morgan fingerprint density at radius 2 is 1.66 bits per heavy atom. The van der Waals surface area contributed by atoms with Crippen molar-refractivity contribution in [1.29, 1.82) is 0 Å². The third kappa shape index (κ3) is 3.77. The summed E-state index contributed by atoms with van der Waals surface area (Å²) in [4.78, 5) is 12.8. The van der Waals surface area contributed by atoms with Gasteiger partial charge in [-0.3, -0.25) is 4.79 Å². The van der Waals surface area contributed by atoms with Crippen LogP contribution in [0.2, 0.25) is 5.02 Å². The molecule has 0 saturated carbocycles.